The number of nitrogens with zero attached hydrogens (tertiary/aromatic N) is 3. The maximum atomic E-state index is 6.61. The molecule has 0 aliphatic heterocycles. The van der Waals surface area contributed by atoms with Crippen LogP contribution in [0.3, 0.4) is 0 Å². The van der Waals surface area contributed by atoms with Gasteiger partial charge in [0.05, 0.1) is 0 Å². The molecule has 0 spiro atoms. The Labute approximate surface area is 330 Å². The minimum absolute atomic E-state index is 0.643. The van der Waals surface area contributed by atoms with E-state index in [9.17, 15) is 0 Å². The molecule has 4 aromatic heterocycles. The summed E-state index contributed by atoms with van der Waals surface area (Å²) in [6, 6.07) is 61.0. The fraction of sp³-hybridized carbons (Fsp3) is 0. The summed E-state index contributed by atoms with van der Waals surface area (Å²) in [6.45, 7) is 0. The molecule has 0 saturated heterocycles. The molecule has 6 heteroatoms. The minimum atomic E-state index is 0.643. The third kappa shape index (κ3) is 5.19. The highest BCUT2D eigenvalue weighted by Crippen LogP contribution is 2.46. The maximum Gasteiger partial charge on any atom is 0.164 e. The zero-order valence-electron chi connectivity index (χ0n) is 30.3. The second-order valence-electron chi connectivity index (χ2n) is 14.3. The molecule has 0 unspecified atom stereocenters. The van der Waals surface area contributed by atoms with E-state index in [1.807, 2.05) is 84.9 Å². The van der Waals surface area contributed by atoms with Crippen molar-refractivity contribution in [3.05, 3.63) is 176 Å². The monoisotopic (exact) mass is 747 g/mol. The van der Waals surface area contributed by atoms with Gasteiger partial charge in [-0.3, -0.25) is 0 Å². The lowest BCUT2D eigenvalue weighted by atomic mass is 9.92. The Morgan fingerprint density at radius 3 is 1.68 bits per heavy atom. The molecular weight excluding hydrogens is 719 g/mol. The first-order chi connectivity index (χ1) is 28.2. The molecule has 0 atom stereocenters. The van der Waals surface area contributed by atoms with E-state index in [0.29, 0.717) is 17.5 Å². The molecule has 0 aliphatic rings. The van der Waals surface area contributed by atoms with Gasteiger partial charge in [-0.2, -0.15) is 0 Å². The Hall–Kier alpha value is -7.41. The highest BCUT2D eigenvalue weighted by Gasteiger charge is 2.20. The lowest BCUT2D eigenvalue weighted by Gasteiger charge is -2.11. The number of benzene rings is 8. The summed E-state index contributed by atoms with van der Waals surface area (Å²) in [5.41, 5.74) is 10.8. The predicted molar refractivity (Wildman–Crippen MR) is 234 cm³/mol. The lowest BCUT2D eigenvalue weighted by Crippen LogP contribution is -1.99. The third-order valence-electron chi connectivity index (χ3n) is 10.9. The molecule has 57 heavy (non-hydrogen) atoms. The first kappa shape index (κ1) is 31.9. The molecule has 0 aliphatic carbocycles. The number of hydrogen-bond acceptors (Lipinski definition) is 6. The smallest absolute Gasteiger partial charge is 0.164 e. The fourth-order valence-electron chi connectivity index (χ4n) is 8.27. The Balaban J connectivity index is 1.04. The van der Waals surface area contributed by atoms with Crippen molar-refractivity contribution >= 4 is 75.4 Å². The van der Waals surface area contributed by atoms with Crippen molar-refractivity contribution in [3.63, 3.8) is 0 Å². The van der Waals surface area contributed by atoms with Gasteiger partial charge in [0.2, 0.25) is 0 Å². The largest absolute Gasteiger partial charge is 0.456 e. The van der Waals surface area contributed by atoms with Crippen LogP contribution in [-0.2, 0) is 0 Å². The Kier molecular flexibility index (Phi) is 7.03. The second kappa shape index (κ2) is 12.6. The fourth-order valence-corrected chi connectivity index (χ4v) is 9.45. The molecule has 0 amide bonds. The first-order valence-electron chi connectivity index (χ1n) is 18.9. The van der Waals surface area contributed by atoms with Crippen LogP contribution in [0.5, 0.6) is 0 Å². The summed E-state index contributed by atoms with van der Waals surface area (Å²) in [4.78, 5) is 14.9. The molecule has 0 N–H and O–H groups in total. The Morgan fingerprint density at radius 1 is 0.316 bits per heavy atom. The molecule has 0 saturated carbocycles. The van der Waals surface area contributed by atoms with E-state index in [1.54, 1.807) is 11.3 Å². The van der Waals surface area contributed by atoms with Gasteiger partial charge in [0.15, 0.2) is 17.5 Å². The number of para-hydroxylation sites is 2. The molecule has 0 fully saturated rings. The van der Waals surface area contributed by atoms with Gasteiger partial charge in [-0.1, -0.05) is 127 Å². The number of hydrogen-bond donors (Lipinski definition) is 0. The Morgan fingerprint density at radius 2 is 0.930 bits per heavy atom. The van der Waals surface area contributed by atoms with Crippen molar-refractivity contribution in [1.29, 1.82) is 0 Å². The van der Waals surface area contributed by atoms with Crippen molar-refractivity contribution in [2.24, 2.45) is 0 Å². The quantitative estimate of drug-likeness (QED) is 0.175. The highest BCUT2D eigenvalue weighted by molar-refractivity contribution is 7.26. The number of fused-ring (bicyclic) bond motifs is 9. The zero-order chi connectivity index (χ0) is 37.5. The average molecular weight is 748 g/mol. The van der Waals surface area contributed by atoms with Crippen LogP contribution >= 0.6 is 11.3 Å². The normalized spacial score (nSPS) is 11.9. The Bertz CT molecular complexity index is 3470. The van der Waals surface area contributed by atoms with E-state index in [-0.39, 0.29) is 0 Å². The summed E-state index contributed by atoms with van der Waals surface area (Å²) in [5, 5.41) is 6.82. The molecule has 0 bridgehead atoms. The van der Waals surface area contributed by atoms with Crippen LogP contribution in [0.15, 0.2) is 185 Å². The number of furan rings is 2. The van der Waals surface area contributed by atoms with Gasteiger partial charge in [0.25, 0.3) is 0 Å². The highest BCUT2D eigenvalue weighted by atomic mass is 32.1. The van der Waals surface area contributed by atoms with Crippen molar-refractivity contribution in [2.75, 3.05) is 0 Å². The average Bonchev–Trinajstić information content (AvgIpc) is 3.97. The van der Waals surface area contributed by atoms with Gasteiger partial charge in [-0.15, -0.1) is 11.3 Å². The van der Waals surface area contributed by atoms with Crippen molar-refractivity contribution in [1.82, 2.24) is 15.0 Å². The van der Waals surface area contributed by atoms with Crippen LogP contribution in [-0.4, -0.2) is 15.0 Å². The van der Waals surface area contributed by atoms with E-state index >= 15 is 0 Å². The van der Waals surface area contributed by atoms with Crippen LogP contribution in [0, 0.1) is 0 Å². The van der Waals surface area contributed by atoms with E-state index in [1.165, 1.54) is 20.2 Å². The number of aromatic nitrogens is 3. The summed E-state index contributed by atoms with van der Waals surface area (Å²) >= 11 is 1.79. The number of thiophene rings is 1. The molecule has 266 valence electrons. The van der Waals surface area contributed by atoms with Crippen molar-refractivity contribution in [2.45, 2.75) is 0 Å². The van der Waals surface area contributed by atoms with E-state index < -0.39 is 0 Å². The van der Waals surface area contributed by atoms with Crippen LogP contribution in [0.25, 0.3) is 120 Å². The lowest BCUT2D eigenvalue weighted by molar-refractivity contribution is 0.669. The van der Waals surface area contributed by atoms with Crippen molar-refractivity contribution < 1.29 is 8.83 Å². The molecule has 4 heterocycles. The van der Waals surface area contributed by atoms with Gasteiger partial charge in [-0.05, 0) is 70.8 Å². The maximum absolute atomic E-state index is 6.61. The summed E-state index contributed by atoms with van der Waals surface area (Å²) in [7, 11) is 0. The van der Waals surface area contributed by atoms with Gasteiger partial charge in [0.1, 0.15) is 22.3 Å². The third-order valence-corrected chi connectivity index (χ3v) is 12.0. The topological polar surface area (TPSA) is 65.0 Å². The van der Waals surface area contributed by atoms with E-state index in [4.69, 9.17) is 23.8 Å². The van der Waals surface area contributed by atoms with Crippen molar-refractivity contribution in [3.8, 4) is 56.4 Å². The standard InChI is InChI=1S/C51H29N3O2S/c1-3-12-30(13-4-1)49-52-50(31-14-5-2-6-15-31)54-51(53-49)33-22-24-38-46(29-33)57-45-21-11-18-35(48(38)45)34-27-39(47-37-17-8-10-20-42(37)56-44(47)28-34)32-23-25-43-40(26-32)36-16-7-9-19-41(36)55-43/h1-29H. The van der Waals surface area contributed by atoms with Gasteiger partial charge in [0, 0.05) is 58.4 Å². The summed E-state index contributed by atoms with van der Waals surface area (Å²) < 4.78 is 15.2. The van der Waals surface area contributed by atoms with Crippen LogP contribution in [0.2, 0.25) is 0 Å². The predicted octanol–water partition coefficient (Wildman–Crippen LogP) is 14.4. The molecule has 0 radical (unpaired) electrons. The molecule has 12 aromatic rings. The summed E-state index contributed by atoms with van der Waals surface area (Å²) in [6.07, 6.45) is 0. The second-order valence-corrected chi connectivity index (χ2v) is 15.4. The minimum Gasteiger partial charge on any atom is -0.456 e. The van der Waals surface area contributed by atoms with Gasteiger partial charge in [-0.25, -0.2) is 15.0 Å². The van der Waals surface area contributed by atoms with Gasteiger partial charge < -0.3 is 8.83 Å². The molecule has 8 aromatic carbocycles. The summed E-state index contributed by atoms with van der Waals surface area (Å²) in [5.74, 6) is 1.94. The van der Waals surface area contributed by atoms with E-state index in [0.717, 1.165) is 82.8 Å². The van der Waals surface area contributed by atoms with Crippen LogP contribution < -0.4 is 0 Å². The van der Waals surface area contributed by atoms with E-state index in [2.05, 4.69) is 91.0 Å². The van der Waals surface area contributed by atoms with Gasteiger partial charge >= 0.3 is 0 Å². The van der Waals surface area contributed by atoms with Crippen LogP contribution in [0.4, 0.5) is 0 Å². The molecule has 12 rings (SSSR count). The SMILES string of the molecule is c1ccc(-c2nc(-c3ccccc3)nc(-c3ccc4c(c3)sc3cccc(-c5cc(-c6ccc7oc8ccccc8c7c6)c6c(c5)oc5ccccc56)c34)n2)cc1. The van der Waals surface area contributed by atoms with Crippen LogP contribution in [0.1, 0.15) is 0 Å². The molecular formula is C51H29N3O2S. The molecule has 5 nitrogen and oxygen atoms in total. The first-order valence-corrected chi connectivity index (χ1v) is 19.7. The number of rotatable bonds is 5. The zero-order valence-corrected chi connectivity index (χ0v) is 31.1.